The van der Waals surface area contributed by atoms with E-state index in [9.17, 15) is 4.79 Å². The molecule has 3 rings (SSSR count). The van der Waals surface area contributed by atoms with Gasteiger partial charge in [0.25, 0.3) is 5.91 Å². The highest BCUT2D eigenvalue weighted by Crippen LogP contribution is 2.19. The number of anilines is 1. The Hall–Kier alpha value is -2.53. The van der Waals surface area contributed by atoms with E-state index in [-0.39, 0.29) is 12.0 Å². The molecule has 1 atom stereocenters. The van der Waals surface area contributed by atoms with Crippen LogP contribution in [0.4, 0.5) is 5.69 Å². The fourth-order valence-corrected chi connectivity index (χ4v) is 2.55. The van der Waals surface area contributed by atoms with E-state index in [2.05, 4.69) is 5.32 Å². The topological polar surface area (TPSA) is 56.8 Å². The number of hydrogen-bond donors (Lipinski definition) is 1. The fourth-order valence-electron chi connectivity index (χ4n) is 2.55. The second-order valence-electron chi connectivity index (χ2n) is 5.65. The van der Waals surface area contributed by atoms with Gasteiger partial charge in [-0.15, -0.1) is 0 Å². The van der Waals surface area contributed by atoms with Crippen molar-refractivity contribution in [1.29, 1.82) is 0 Å². The summed E-state index contributed by atoms with van der Waals surface area (Å²) in [4.78, 5) is 12.2. The van der Waals surface area contributed by atoms with E-state index in [0.717, 1.165) is 36.6 Å². The first-order valence-electron chi connectivity index (χ1n) is 8.04. The zero-order chi connectivity index (χ0) is 16.8. The zero-order valence-electron chi connectivity index (χ0n) is 13.7. The van der Waals surface area contributed by atoms with Crippen molar-refractivity contribution in [3.63, 3.8) is 0 Å². The number of methoxy groups -OCH3 is 1. The highest BCUT2D eigenvalue weighted by atomic mass is 16.5. The van der Waals surface area contributed by atoms with Crippen LogP contribution in [-0.4, -0.2) is 32.3 Å². The maximum atomic E-state index is 12.2. The summed E-state index contributed by atoms with van der Waals surface area (Å²) in [5.41, 5.74) is 1.30. The molecule has 1 saturated heterocycles. The minimum absolute atomic E-state index is 0.161. The number of carbonyl (C=O) groups is 1. The van der Waals surface area contributed by atoms with Crippen LogP contribution < -0.4 is 14.8 Å². The minimum atomic E-state index is -0.161. The average Bonchev–Trinajstić information content (AvgIpc) is 3.15. The van der Waals surface area contributed by atoms with Gasteiger partial charge in [-0.05, 0) is 61.4 Å². The SMILES string of the molecule is COc1ccc(C(=O)Nc2ccc(OCC3CCCO3)cc2)cc1. The Morgan fingerprint density at radius 1 is 1.12 bits per heavy atom. The number of carbonyl (C=O) groups excluding carboxylic acids is 1. The lowest BCUT2D eigenvalue weighted by molar-refractivity contribution is 0.0679. The van der Waals surface area contributed by atoms with Crippen LogP contribution in [0.3, 0.4) is 0 Å². The zero-order valence-corrected chi connectivity index (χ0v) is 13.7. The molecule has 1 aliphatic rings. The molecule has 5 nitrogen and oxygen atoms in total. The predicted molar refractivity (Wildman–Crippen MR) is 91.9 cm³/mol. The molecule has 1 unspecified atom stereocenters. The van der Waals surface area contributed by atoms with E-state index in [1.165, 1.54) is 0 Å². The van der Waals surface area contributed by atoms with Gasteiger partial charge in [0, 0.05) is 17.9 Å². The number of benzene rings is 2. The van der Waals surface area contributed by atoms with Gasteiger partial charge in [-0.25, -0.2) is 0 Å². The summed E-state index contributed by atoms with van der Waals surface area (Å²) in [6.45, 7) is 1.39. The van der Waals surface area contributed by atoms with Gasteiger partial charge >= 0.3 is 0 Å². The molecule has 0 spiro atoms. The van der Waals surface area contributed by atoms with E-state index in [0.29, 0.717) is 12.2 Å². The highest BCUT2D eigenvalue weighted by Gasteiger charge is 2.15. The Kier molecular flexibility index (Phi) is 5.33. The van der Waals surface area contributed by atoms with E-state index < -0.39 is 0 Å². The summed E-state index contributed by atoms with van der Waals surface area (Å²) in [7, 11) is 1.59. The molecule has 1 N–H and O–H groups in total. The van der Waals surface area contributed by atoms with Crippen molar-refractivity contribution in [2.24, 2.45) is 0 Å². The van der Waals surface area contributed by atoms with Gasteiger partial charge in [-0.3, -0.25) is 4.79 Å². The Morgan fingerprint density at radius 3 is 2.46 bits per heavy atom. The van der Waals surface area contributed by atoms with Crippen LogP contribution in [0.25, 0.3) is 0 Å². The molecule has 0 bridgehead atoms. The van der Waals surface area contributed by atoms with Crippen molar-refractivity contribution < 1.29 is 19.0 Å². The second-order valence-corrected chi connectivity index (χ2v) is 5.65. The number of nitrogens with one attached hydrogen (secondary N) is 1. The molecule has 24 heavy (non-hydrogen) atoms. The third-order valence-corrected chi connectivity index (χ3v) is 3.92. The van der Waals surface area contributed by atoms with Gasteiger partial charge in [0.1, 0.15) is 18.1 Å². The Morgan fingerprint density at radius 2 is 1.83 bits per heavy atom. The maximum Gasteiger partial charge on any atom is 0.255 e. The van der Waals surface area contributed by atoms with Gasteiger partial charge in [0.05, 0.1) is 13.2 Å². The molecule has 2 aromatic rings. The van der Waals surface area contributed by atoms with E-state index in [1.807, 2.05) is 24.3 Å². The summed E-state index contributed by atoms with van der Waals surface area (Å²) < 4.78 is 16.3. The monoisotopic (exact) mass is 327 g/mol. The van der Waals surface area contributed by atoms with Crippen molar-refractivity contribution >= 4 is 11.6 Å². The highest BCUT2D eigenvalue weighted by molar-refractivity contribution is 6.04. The second kappa shape index (κ2) is 7.84. The van der Waals surface area contributed by atoms with Gasteiger partial charge in [-0.1, -0.05) is 0 Å². The summed E-state index contributed by atoms with van der Waals surface area (Å²) >= 11 is 0. The number of ether oxygens (including phenoxy) is 3. The average molecular weight is 327 g/mol. The molecule has 0 saturated carbocycles. The Bertz CT molecular complexity index is 661. The molecule has 0 radical (unpaired) electrons. The van der Waals surface area contributed by atoms with Crippen LogP contribution in [0.2, 0.25) is 0 Å². The van der Waals surface area contributed by atoms with Crippen LogP contribution in [0.1, 0.15) is 23.2 Å². The molecule has 5 heteroatoms. The van der Waals surface area contributed by atoms with Crippen molar-refractivity contribution in [3.8, 4) is 11.5 Å². The lowest BCUT2D eigenvalue weighted by atomic mass is 10.2. The summed E-state index contributed by atoms with van der Waals surface area (Å²) in [5.74, 6) is 1.33. The van der Waals surface area contributed by atoms with Gasteiger partial charge in [-0.2, -0.15) is 0 Å². The summed E-state index contributed by atoms with van der Waals surface area (Å²) in [6, 6.07) is 14.3. The Balaban J connectivity index is 1.53. The first kappa shape index (κ1) is 16.3. The minimum Gasteiger partial charge on any atom is -0.497 e. The fraction of sp³-hybridized carbons (Fsp3) is 0.316. The van der Waals surface area contributed by atoms with Crippen molar-refractivity contribution in [2.75, 3.05) is 25.6 Å². The van der Waals surface area contributed by atoms with E-state index >= 15 is 0 Å². The largest absolute Gasteiger partial charge is 0.497 e. The van der Waals surface area contributed by atoms with E-state index in [4.69, 9.17) is 14.2 Å². The first-order valence-corrected chi connectivity index (χ1v) is 8.04. The number of hydrogen-bond acceptors (Lipinski definition) is 4. The quantitative estimate of drug-likeness (QED) is 0.882. The number of rotatable bonds is 6. The molecule has 1 aliphatic heterocycles. The van der Waals surface area contributed by atoms with Crippen molar-refractivity contribution in [3.05, 3.63) is 54.1 Å². The molecule has 0 aliphatic carbocycles. The van der Waals surface area contributed by atoms with Crippen LogP contribution in [0.15, 0.2) is 48.5 Å². The Labute approximate surface area is 141 Å². The van der Waals surface area contributed by atoms with Crippen LogP contribution in [0, 0.1) is 0 Å². The maximum absolute atomic E-state index is 12.2. The van der Waals surface area contributed by atoms with Gasteiger partial charge in [0.15, 0.2) is 0 Å². The molecule has 1 heterocycles. The summed E-state index contributed by atoms with van der Waals surface area (Å²) in [6.07, 6.45) is 2.35. The standard InChI is InChI=1S/C19H21NO4/c1-22-16-8-4-14(5-9-16)19(21)20-15-6-10-17(11-7-15)24-13-18-3-2-12-23-18/h4-11,18H,2-3,12-13H2,1H3,(H,20,21). The molecular weight excluding hydrogens is 306 g/mol. The van der Waals surface area contributed by atoms with Crippen LogP contribution in [-0.2, 0) is 4.74 Å². The molecule has 126 valence electrons. The summed E-state index contributed by atoms with van der Waals surface area (Å²) in [5, 5.41) is 2.86. The molecule has 2 aromatic carbocycles. The predicted octanol–water partition coefficient (Wildman–Crippen LogP) is 3.51. The third-order valence-electron chi connectivity index (χ3n) is 3.92. The molecule has 1 amide bonds. The number of amides is 1. The third kappa shape index (κ3) is 4.26. The van der Waals surface area contributed by atoms with Gasteiger partial charge in [0.2, 0.25) is 0 Å². The first-order chi connectivity index (χ1) is 11.7. The van der Waals surface area contributed by atoms with Gasteiger partial charge < -0.3 is 19.5 Å². The lowest BCUT2D eigenvalue weighted by Crippen LogP contribution is -2.16. The smallest absolute Gasteiger partial charge is 0.255 e. The molecular formula is C19H21NO4. The van der Waals surface area contributed by atoms with Crippen LogP contribution >= 0.6 is 0 Å². The van der Waals surface area contributed by atoms with E-state index in [1.54, 1.807) is 31.4 Å². The molecule has 1 fully saturated rings. The van der Waals surface area contributed by atoms with Crippen molar-refractivity contribution in [2.45, 2.75) is 18.9 Å². The lowest BCUT2D eigenvalue weighted by Gasteiger charge is -2.12. The normalized spacial score (nSPS) is 16.6. The van der Waals surface area contributed by atoms with Crippen LogP contribution in [0.5, 0.6) is 11.5 Å². The van der Waals surface area contributed by atoms with Crippen molar-refractivity contribution in [1.82, 2.24) is 0 Å². The molecule has 0 aromatic heterocycles.